The van der Waals surface area contributed by atoms with Crippen molar-refractivity contribution in [2.24, 2.45) is 0 Å². The van der Waals surface area contributed by atoms with Gasteiger partial charge in [0.05, 0.1) is 6.33 Å². The van der Waals surface area contributed by atoms with Crippen molar-refractivity contribution in [3.8, 4) is 0 Å². The molecule has 2 aromatic heterocycles. The Hall–Kier alpha value is -2.18. The van der Waals surface area contributed by atoms with Crippen LogP contribution >= 0.6 is 0 Å². The fourth-order valence-electron chi connectivity index (χ4n) is 1.84. The Morgan fingerprint density at radius 3 is 3.11 bits per heavy atom. The van der Waals surface area contributed by atoms with E-state index < -0.39 is 0 Å². The van der Waals surface area contributed by atoms with E-state index in [1.807, 2.05) is 10.8 Å². The lowest BCUT2D eigenvalue weighted by Gasteiger charge is -2.16. The van der Waals surface area contributed by atoms with Gasteiger partial charge in [0.25, 0.3) is 0 Å². The quantitative estimate of drug-likeness (QED) is 0.808. The smallest absolute Gasteiger partial charge is 0.228 e. The molecule has 96 valence electrons. The molecular formula is C11H16N6O. The third-order valence-electron chi connectivity index (χ3n) is 2.66. The molecule has 1 unspecified atom stereocenters. The van der Waals surface area contributed by atoms with Crippen molar-refractivity contribution in [3.05, 3.63) is 25.0 Å². The molecule has 7 heteroatoms. The number of carbonyl (C=O) groups excluding carboxylic acids is 1. The summed E-state index contributed by atoms with van der Waals surface area (Å²) in [5, 5.41) is 8.94. The highest BCUT2D eigenvalue weighted by atomic mass is 16.1. The number of nitrogens with zero attached hydrogens (tertiary/aromatic N) is 4. The number of hydrogen-bond acceptors (Lipinski definition) is 4. The van der Waals surface area contributed by atoms with Crippen molar-refractivity contribution in [2.75, 3.05) is 5.32 Å². The number of aromatic amines is 1. The van der Waals surface area contributed by atoms with Crippen molar-refractivity contribution in [1.82, 2.24) is 24.7 Å². The fraction of sp³-hybridized carbons (Fsp3) is 0.455. The molecule has 1 atom stereocenters. The van der Waals surface area contributed by atoms with Crippen LogP contribution in [0.15, 0.2) is 25.0 Å². The second kappa shape index (κ2) is 5.95. The molecule has 18 heavy (non-hydrogen) atoms. The van der Waals surface area contributed by atoms with Gasteiger partial charge in [0.15, 0.2) is 0 Å². The van der Waals surface area contributed by atoms with Crippen molar-refractivity contribution in [2.45, 2.75) is 32.2 Å². The number of anilines is 1. The summed E-state index contributed by atoms with van der Waals surface area (Å²) in [7, 11) is 0. The fourth-order valence-corrected chi connectivity index (χ4v) is 1.84. The van der Waals surface area contributed by atoms with Crippen LogP contribution in [0, 0.1) is 0 Å². The lowest BCUT2D eigenvalue weighted by atomic mass is 10.1. The van der Waals surface area contributed by atoms with Crippen LogP contribution in [0.2, 0.25) is 0 Å². The summed E-state index contributed by atoms with van der Waals surface area (Å²) in [4.78, 5) is 19.7. The van der Waals surface area contributed by atoms with Gasteiger partial charge in [-0.05, 0) is 6.42 Å². The molecule has 2 rings (SSSR count). The van der Waals surface area contributed by atoms with Gasteiger partial charge in [0, 0.05) is 24.9 Å². The van der Waals surface area contributed by atoms with Crippen LogP contribution in [0.5, 0.6) is 0 Å². The van der Waals surface area contributed by atoms with Gasteiger partial charge in [-0.1, -0.05) is 13.3 Å². The van der Waals surface area contributed by atoms with E-state index in [9.17, 15) is 4.79 Å². The van der Waals surface area contributed by atoms with Crippen LogP contribution in [0.1, 0.15) is 32.2 Å². The SMILES string of the molecule is CCCC(CC(=O)Nc1ncn[nH]1)n1ccnc1. The van der Waals surface area contributed by atoms with E-state index in [0.717, 1.165) is 12.8 Å². The highest BCUT2D eigenvalue weighted by molar-refractivity contribution is 5.89. The van der Waals surface area contributed by atoms with E-state index in [-0.39, 0.29) is 11.9 Å². The van der Waals surface area contributed by atoms with Crippen LogP contribution < -0.4 is 5.32 Å². The van der Waals surface area contributed by atoms with Crippen LogP contribution in [-0.4, -0.2) is 30.6 Å². The Bertz CT molecular complexity index is 464. The Labute approximate surface area is 105 Å². The molecular weight excluding hydrogens is 232 g/mol. The molecule has 1 amide bonds. The predicted octanol–water partition coefficient (Wildman–Crippen LogP) is 1.37. The minimum atomic E-state index is -0.0844. The first kappa shape index (κ1) is 12.3. The number of amides is 1. The second-order valence-electron chi connectivity index (χ2n) is 4.04. The second-order valence-corrected chi connectivity index (χ2v) is 4.04. The number of hydrogen-bond donors (Lipinski definition) is 2. The Morgan fingerprint density at radius 1 is 1.61 bits per heavy atom. The summed E-state index contributed by atoms with van der Waals surface area (Å²) in [6, 6.07) is 0.125. The Balaban J connectivity index is 1.94. The van der Waals surface area contributed by atoms with Gasteiger partial charge < -0.3 is 4.57 Å². The first-order chi connectivity index (χ1) is 8.79. The van der Waals surface area contributed by atoms with E-state index >= 15 is 0 Å². The van der Waals surface area contributed by atoms with Crippen LogP contribution in [0.4, 0.5) is 5.95 Å². The summed E-state index contributed by atoms with van der Waals surface area (Å²) in [5.74, 6) is 0.291. The van der Waals surface area contributed by atoms with Crippen LogP contribution in [0.25, 0.3) is 0 Å². The Morgan fingerprint density at radius 2 is 2.50 bits per heavy atom. The number of imidazole rings is 1. The van der Waals surface area contributed by atoms with Crippen LogP contribution in [-0.2, 0) is 4.79 Å². The first-order valence-corrected chi connectivity index (χ1v) is 5.92. The number of H-pyrrole nitrogens is 1. The molecule has 0 bridgehead atoms. The summed E-state index contributed by atoms with van der Waals surface area (Å²) < 4.78 is 1.96. The average molecular weight is 248 g/mol. The van der Waals surface area contributed by atoms with Gasteiger partial charge in [0.2, 0.25) is 11.9 Å². The van der Waals surface area contributed by atoms with Crippen molar-refractivity contribution in [3.63, 3.8) is 0 Å². The van der Waals surface area contributed by atoms with Gasteiger partial charge in [-0.3, -0.25) is 10.1 Å². The number of carbonyl (C=O) groups is 1. The number of nitrogens with one attached hydrogen (secondary N) is 2. The normalized spacial score (nSPS) is 12.3. The monoisotopic (exact) mass is 248 g/mol. The van der Waals surface area contributed by atoms with Gasteiger partial charge >= 0.3 is 0 Å². The molecule has 0 saturated heterocycles. The molecule has 0 spiro atoms. The largest absolute Gasteiger partial charge is 0.334 e. The van der Waals surface area contributed by atoms with Crippen molar-refractivity contribution >= 4 is 11.9 Å². The van der Waals surface area contributed by atoms with Crippen LogP contribution in [0.3, 0.4) is 0 Å². The molecule has 7 nitrogen and oxygen atoms in total. The van der Waals surface area contributed by atoms with Crippen molar-refractivity contribution in [1.29, 1.82) is 0 Å². The third kappa shape index (κ3) is 3.16. The Kier molecular flexibility index (Phi) is 4.06. The first-order valence-electron chi connectivity index (χ1n) is 5.92. The zero-order valence-electron chi connectivity index (χ0n) is 10.2. The molecule has 0 aliphatic rings. The molecule has 0 aromatic carbocycles. The maximum atomic E-state index is 11.9. The zero-order chi connectivity index (χ0) is 12.8. The van der Waals surface area contributed by atoms with E-state index in [1.165, 1.54) is 6.33 Å². The molecule has 2 N–H and O–H groups in total. The summed E-state index contributed by atoms with van der Waals surface area (Å²) in [6.07, 6.45) is 9.03. The predicted molar refractivity (Wildman–Crippen MR) is 65.8 cm³/mol. The zero-order valence-corrected chi connectivity index (χ0v) is 10.2. The summed E-state index contributed by atoms with van der Waals surface area (Å²) in [6.45, 7) is 2.10. The third-order valence-corrected chi connectivity index (χ3v) is 2.66. The number of rotatable bonds is 6. The van der Waals surface area contributed by atoms with Gasteiger partial charge in [0.1, 0.15) is 6.33 Å². The van der Waals surface area contributed by atoms with E-state index in [2.05, 4.69) is 32.4 Å². The lowest BCUT2D eigenvalue weighted by molar-refractivity contribution is -0.117. The molecule has 0 radical (unpaired) electrons. The maximum Gasteiger partial charge on any atom is 0.228 e. The van der Waals surface area contributed by atoms with E-state index in [0.29, 0.717) is 12.4 Å². The van der Waals surface area contributed by atoms with E-state index in [4.69, 9.17) is 0 Å². The maximum absolute atomic E-state index is 11.9. The highest BCUT2D eigenvalue weighted by Gasteiger charge is 2.15. The summed E-state index contributed by atoms with van der Waals surface area (Å²) >= 11 is 0. The standard InChI is InChI=1S/C11H16N6O/c1-2-3-9(17-5-4-12-8-17)6-10(18)15-11-13-7-14-16-11/h4-5,7-9H,2-3,6H2,1H3,(H2,13,14,15,16,18). The van der Waals surface area contributed by atoms with Gasteiger partial charge in [-0.25, -0.2) is 10.1 Å². The molecule has 0 aliphatic heterocycles. The van der Waals surface area contributed by atoms with E-state index in [1.54, 1.807) is 12.5 Å². The molecule has 0 fully saturated rings. The average Bonchev–Trinajstić information content (AvgIpc) is 3.00. The summed E-state index contributed by atoms with van der Waals surface area (Å²) in [5.41, 5.74) is 0. The molecule has 2 heterocycles. The topological polar surface area (TPSA) is 88.5 Å². The number of aromatic nitrogens is 5. The minimum Gasteiger partial charge on any atom is -0.334 e. The van der Waals surface area contributed by atoms with Crippen molar-refractivity contribution < 1.29 is 4.79 Å². The minimum absolute atomic E-state index is 0.0844. The lowest BCUT2D eigenvalue weighted by Crippen LogP contribution is -2.19. The highest BCUT2D eigenvalue weighted by Crippen LogP contribution is 2.18. The molecule has 0 saturated carbocycles. The van der Waals surface area contributed by atoms with Gasteiger partial charge in [-0.15, -0.1) is 0 Å². The molecule has 2 aromatic rings. The molecule has 0 aliphatic carbocycles. The van der Waals surface area contributed by atoms with Gasteiger partial charge in [-0.2, -0.15) is 10.1 Å².